The number of aromatic nitrogens is 2. The van der Waals surface area contributed by atoms with Crippen molar-refractivity contribution in [1.29, 1.82) is 0 Å². The minimum atomic E-state index is -0.533. The van der Waals surface area contributed by atoms with Crippen molar-refractivity contribution in [3.63, 3.8) is 0 Å². The molecule has 336 valence electrons. The first-order valence-electron chi connectivity index (χ1n) is 24.9. The summed E-state index contributed by atoms with van der Waals surface area (Å²) in [6, 6.07) is 102. The van der Waals surface area contributed by atoms with Crippen LogP contribution in [-0.2, 0) is 10.8 Å². The Morgan fingerprint density at radius 1 is 0.236 bits per heavy atom. The summed E-state index contributed by atoms with van der Waals surface area (Å²) in [4.78, 5) is 11.0. The van der Waals surface area contributed by atoms with Crippen LogP contribution < -0.4 is 0 Å². The van der Waals surface area contributed by atoms with E-state index >= 15 is 0 Å². The maximum Gasteiger partial charge on any atom is 0.161 e. The summed E-state index contributed by atoms with van der Waals surface area (Å²) in [6.45, 7) is 0. The lowest BCUT2D eigenvalue weighted by atomic mass is 9.67. The minimum Gasteiger partial charge on any atom is -0.228 e. The van der Waals surface area contributed by atoms with Gasteiger partial charge in [0.2, 0.25) is 0 Å². The quantitative estimate of drug-likeness (QED) is 0.152. The molecule has 1 heterocycles. The highest BCUT2D eigenvalue weighted by Crippen LogP contribution is 2.59. The van der Waals surface area contributed by atoms with Crippen LogP contribution >= 0.6 is 0 Å². The predicted octanol–water partition coefficient (Wildman–Crippen LogP) is 17.0. The summed E-state index contributed by atoms with van der Waals surface area (Å²) in [5.74, 6) is 0.686. The molecule has 0 atom stereocenters. The third kappa shape index (κ3) is 6.16. The Kier molecular flexibility index (Phi) is 9.69. The van der Waals surface area contributed by atoms with Crippen LogP contribution in [0.3, 0.4) is 0 Å². The number of hydrogen-bond acceptors (Lipinski definition) is 2. The molecule has 0 saturated carbocycles. The fourth-order valence-electron chi connectivity index (χ4n) is 12.5. The Labute approximate surface area is 420 Å². The Hall–Kier alpha value is -9.24. The normalized spacial score (nSPS) is 13.5. The zero-order chi connectivity index (χ0) is 47.6. The highest BCUT2D eigenvalue weighted by atomic mass is 14.9. The Morgan fingerprint density at radius 3 is 1.24 bits per heavy atom. The van der Waals surface area contributed by atoms with Gasteiger partial charge in [-0.2, -0.15) is 0 Å². The van der Waals surface area contributed by atoms with E-state index in [0.717, 1.165) is 38.9 Å². The molecule has 0 unspecified atom stereocenters. The largest absolute Gasteiger partial charge is 0.228 e. The van der Waals surface area contributed by atoms with E-state index < -0.39 is 10.8 Å². The molecule has 72 heavy (non-hydrogen) atoms. The van der Waals surface area contributed by atoms with Gasteiger partial charge < -0.3 is 0 Å². The van der Waals surface area contributed by atoms with Crippen LogP contribution in [0.2, 0.25) is 0 Å². The van der Waals surface area contributed by atoms with Gasteiger partial charge in [0.25, 0.3) is 0 Å². The van der Waals surface area contributed by atoms with Gasteiger partial charge in [0.15, 0.2) is 5.82 Å². The van der Waals surface area contributed by atoms with Crippen LogP contribution in [-0.4, -0.2) is 9.97 Å². The second-order valence-corrected chi connectivity index (χ2v) is 19.1. The predicted molar refractivity (Wildman–Crippen MR) is 296 cm³/mol. The molecule has 0 amide bonds. The zero-order valence-corrected chi connectivity index (χ0v) is 39.5. The number of rotatable bonds is 8. The number of fused-ring (bicyclic) bond motifs is 7. The van der Waals surface area contributed by atoms with E-state index in [4.69, 9.17) is 9.97 Å². The highest BCUT2D eigenvalue weighted by Gasteiger charge is 2.48. The molecule has 0 saturated heterocycles. The van der Waals surface area contributed by atoms with E-state index in [9.17, 15) is 0 Å². The molecular formula is C70H46N2. The van der Waals surface area contributed by atoms with E-state index in [0.29, 0.717) is 5.82 Å². The van der Waals surface area contributed by atoms with Crippen LogP contribution in [0, 0.1) is 0 Å². The molecule has 0 bridgehead atoms. The molecule has 0 radical (unpaired) electrons. The van der Waals surface area contributed by atoms with Crippen molar-refractivity contribution in [3.8, 4) is 67.3 Å². The van der Waals surface area contributed by atoms with Gasteiger partial charge in [-0.3, -0.25) is 0 Å². The van der Waals surface area contributed by atoms with Crippen molar-refractivity contribution in [3.05, 3.63) is 324 Å². The lowest BCUT2D eigenvalue weighted by Gasteiger charge is -2.34. The number of nitrogens with zero attached hydrogens (tertiary/aromatic N) is 2. The van der Waals surface area contributed by atoms with Crippen molar-refractivity contribution in [2.24, 2.45) is 0 Å². The van der Waals surface area contributed by atoms with Gasteiger partial charge in [0.1, 0.15) is 0 Å². The molecule has 2 aliphatic rings. The topological polar surface area (TPSA) is 25.8 Å². The van der Waals surface area contributed by atoms with Crippen molar-refractivity contribution in [2.45, 2.75) is 10.8 Å². The average Bonchev–Trinajstić information content (AvgIpc) is 3.94. The molecule has 2 aliphatic carbocycles. The fraction of sp³-hybridized carbons (Fsp3) is 0.0286. The fourth-order valence-corrected chi connectivity index (χ4v) is 12.5. The summed E-state index contributed by atoms with van der Waals surface area (Å²) in [6.07, 6.45) is 0. The first-order chi connectivity index (χ1) is 35.7. The van der Waals surface area contributed by atoms with E-state index in [1.807, 2.05) is 0 Å². The first kappa shape index (κ1) is 41.7. The standard InChI is InChI=1S/C70H46N2/c1-6-23-47(24-7-1)65-46-66(48-41-42-57-56-35-18-20-38-61(56)70(64(57)45-48,51-29-12-4-13-30-51)52-31-14-5-15-32-52)72-68(71-65)59-44-43-55(53-33-16-17-34-54(53)59)58-37-22-40-63-67(58)60-36-19-21-39-62(60)69(63,49-25-8-2-9-26-49)50-27-10-3-11-28-50/h1-46H. The molecule has 1 aromatic heterocycles. The summed E-state index contributed by atoms with van der Waals surface area (Å²) in [7, 11) is 0. The SMILES string of the molecule is c1ccc(-c2cc(-c3ccc4c(c3)C(c3ccccc3)(c3ccccc3)c3ccccc3-4)nc(-c3ccc(-c4cccc5c4-c4ccccc4C5(c4ccccc4)c4ccccc4)c4ccccc34)n2)cc1. The van der Waals surface area contributed by atoms with Crippen molar-refractivity contribution in [2.75, 3.05) is 0 Å². The van der Waals surface area contributed by atoms with Gasteiger partial charge in [0.05, 0.1) is 22.2 Å². The Bertz CT molecular complexity index is 3940. The molecular weight excluding hydrogens is 869 g/mol. The van der Waals surface area contributed by atoms with Gasteiger partial charge in [-0.25, -0.2) is 9.97 Å². The lowest BCUT2D eigenvalue weighted by Crippen LogP contribution is -2.28. The second kappa shape index (κ2) is 16.7. The van der Waals surface area contributed by atoms with Gasteiger partial charge in [-0.15, -0.1) is 0 Å². The molecule has 14 rings (SSSR count). The summed E-state index contributed by atoms with van der Waals surface area (Å²) in [5.41, 5.74) is 21.3. The molecule has 12 aromatic rings. The number of hydrogen-bond donors (Lipinski definition) is 0. The van der Waals surface area contributed by atoms with Crippen molar-refractivity contribution >= 4 is 10.8 Å². The smallest absolute Gasteiger partial charge is 0.161 e. The maximum atomic E-state index is 5.58. The Morgan fingerprint density at radius 2 is 0.639 bits per heavy atom. The minimum absolute atomic E-state index is 0.496. The molecule has 11 aromatic carbocycles. The third-order valence-electron chi connectivity index (χ3n) is 15.5. The van der Waals surface area contributed by atoms with Gasteiger partial charge >= 0.3 is 0 Å². The van der Waals surface area contributed by atoms with Gasteiger partial charge in [-0.1, -0.05) is 261 Å². The van der Waals surface area contributed by atoms with Crippen LogP contribution in [0.1, 0.15) is 44.5 Å². The molecule has 0 fully saturated rings. The van der Waals surface area contributed by atoms with Crippen LogP contribution in [0.5, 0.6) is 0 Å². The Balaban J connectivity index is 0.974. The summed E-state index contributed by atoms with van der Waals surface area (Å²) >= 11 is 0. The van der Waals surface area contributed by atoms with Crippen LogP contribution in [0.25, 0.3) is 78.1 Å². The maximum absolute atomic E-state index is 5.58. The van der Waals surface area contributed by atoms with Gasteiger partial charge in [0, 0.05) is 16.7 Å². The van der Waals surface area contributed by atoms with E-state index in [1.165, 1.54) is 77.9 Å². The summed E-state index contributed by atoms with van der Waals surface area (Å²) in [5, 5.41) is 2.25. The molecule has 0 spiro atoms. The van der Waals surface area contributed by atoms with Crippen molar-refractivity contribution < 1.29 is 0 Å². The van der Waals surface area contributed by atoms with Crippen LogP contribution in [0.15, 0.2) is 279 Å². The van der Waals surface area contributed by atoms with E-state index in [-0.39, 0.29) is 0 Å². The van der Waals surface area contributed by atoms with Crippen LogP contribution in [0.4, 0.5) is 0 Å². The average molecular weight is 915 g/mol. The molecule has 0 aliphatic heterocycles. The zero-order valence-electron chi connectivity index (χ0n) is 39.5. The van der Waals surface area contributed by atoms with E-state index in [2.05, 4.69) is 279 Å². The molecule has 2 nitrogen and oxygen atoms in total. The third-order valence-corrected chi connectivity index (χ3v) is 15.5. The second-order valence-electron chi connectivity index (χ2n) is 19.1. The lowest BCUT2D eigenvalue weighted by molar-refractivity contribution is 0.768. The number of benzene rings is 11. The molecule has 0 N–H and O–H groups in total. The van der Waals surface area contributed by atoms with E-state index in [1.54, 1.807) is 0 Å². The first-order valence-corrected chi connectivity index (χ1v) is 24.9. The molecule has 2 heteroatoms. The monoisotopic (exact) mass is 914 g/mol. The van der Waals surface area contributed by atoms with Crippen molar-refractivity contribution in [1.82, 2.24) is 9.97 Å². The highest BCUT2D eigenvalue weighted by molar-refractivity contribution is 6.08. The summed E-state index contributed by atoms with van der Waals surface area (Å²) < 4.78 is 0. The van der Waals surface area contributed by atoms with Gasteiger partial charge in [-0.05, 0) is 107 Å².